The number of carbonyl (C=O) groups excluding carboxylic acids is 2. The van der Waals surface area contributed by atoms with Crippen LogP contribution in [0.25, 0.3) is 0 Å². The molecule has 5 atom stereocenters. The molecule has 10 heteroatoms. The van der Waals surface area contributed by atoms with E-state index in [-0.39, 0.29) is 29.7 Å². The van der Waals surface area contributed by atoms with Crippen molar-refractivity contribution in [2.24, 2.45) is 17.8 Å². The number of aryl methyl sites for hydroxylation is 1. The number of carbonyl (C=O) groups is 2. The van der Waals surface area contributed by atoms with Gasteiger partial charge in [-0.25, -0.2) is 13.1 Å². The first kappa shape index (κ1) is 31.5. The van der Waals surface area contributed by atoms with Gasteiger partial charge in [-0.1, -0.05) is 36.7 Å². The lowest BCUT2D eigenvalue weighted by Crippen LogP contribution is -2.50. The van der Waals surface area contributed by atoms with Crippen LogP contribution in [0.1, 0.15) is 73.9 Å². The molecular weight excluding hydrogens is 588 g/mol. The van der Waals surface area contributed by atoms with Crippen LogP contribution in [0.4, 0.5) is 5.69 Å². The Labute approximate surface area is 259 Å². The normalized spacial score (nSPS) is 30.2. The molecule has 2 N–H and O–H groups in total. The van der Waals surface area contributed by atoms with Crippen LogP contribution in [-0.2, 0) is 27.8 Å². The molecule has 8 nitrogen and oxygen atoms in total. The van der Waals surface area contributed by atoms with Crippen molar-refractivity contribution >= 4 is 39.5 Å². The molecule has 2 aromatic rings. The lowest BCUT2D eigenvalue weighted by Gasteiger charge is -2.47. The highest BCUT2D eigenvalue weighted by Crippen LogP contribution is 2.46. The zero-order valence-electron chi connectivity index (χ0n) is 24.8. The molecule has 0 saturated heterocycles. The second-order valence-corrected chi connectivity index (χ2v) is 14.9. The highest BCUT2D eigenvalue weighted by atomic mass is 35.5. The Morgan fingerprint density at radius 3 is 2.70 bits per heavy atom. The molecular formula is C33H41ClN2O6S. The second-order valence-electron chi connectivity index (χ2n) is 12.4. The maximum atomic E-state index is 13.3. The molecule has 1 aliphatic carbocycles. The average molecular weight is 629 g/mol. The summed E-state index contributed by atoms with van der Waals surface area (Å²) in [5.41, 5.74) is 1.80. The van der Waals surface area contributed by atoms with Crippen molar-refractivity contribution in [1.29, 1.82) is 0 Å². The number of hydrogen-bond acceptors (Lipinski definition) is 7. The number of ether oxygens (including phenoxy) is 1. The van der Waals surface area contributed by atoms with Gasteiger partial charge in [0, 0.05) is 30.1 Å². The summed E-state index contributed by atoms with van der Waals surface area (Å²) in [5, 5.41) is 11.5. The number of benzene rings is 2. The van der Waals surface area contributed by atoms with Crippen molar-refractivity contribution < 1.29 is 27.9 Å². The standard InChI is InChI=1S/C33H41ClN2O6S/c1-22-6-5-14-33(39,15-17-37)29-12-9-26(29)20-36-16-4-3-7-24-18-28(34)11-8-27(24)21-42-31-13-10-25(19-30(31)36)32(38)35-43(40,41)23(22)2/h5,8,10-11,13-14,17-19,22-23,26,29,39H,3-4,6-7,9,12,15-16,20-21H2,1-2H3,(H,35,38)/b14-5+/t22-,23+,26-,29+,33-/m0/s1. The smallest absolute Gasteiger partial charge is 0.264 e. The Kier molecular flexibility index (Phi) is 9.54. The lowest BCUT2D eigenvalue weighted by molar-refractivity contribution is -0.115. The van der Waals surface area contributed by atoms with Gasteiger partial charge in [0.2, 0.25) is 10.0 Å². The van der Waals surface area contributed by atoms with Crippen LogP contribution < -0.4 is 14.4 Å². The van der Waals surface area contributed by atoms with Gasteiger partial charge < -0.3 is 19.5 Å². The Morgan fingerprint density at radius 1 is 1.14 bits per heavy atom. The number of sulfonamides is 1. The molecule has 0 unspecified atom stereocenters. The third-order valence-corrected chi connectivity index (χ3v) is 11.8. The van der Waals surface area contributed by atoms with Crippen molar-refractivity contribution in [3.63, 3.8) is 0 Å². The summed E-state index contributed by atoms with van der Waals surface area (Å²) in [4.78, 5) is 27.2. The van der Waals surface area contributed by atoms with Gasteiger partial charge in [0.15, 0.2) is 0 Å². The first-order valence-corrected chi connectivity index (χ1v) is 17.1. The predicted molar refractivity (Wildman–Crippen MR) is 168 cm³/mol. The summed E-state index contributed by atoms with van der Waals surface area (Å²) < 4.78 is 35.1. The molecule has 2 aromatic carbocycles. The van der Waals surface area contributed by atoms with Gasteiger partial charge in [-0.2, -0.15) is 0 Å². The molecule has 1 amide bonds. The van der Waals surface area contributed by atoms with Crippen molar-refractivity contribution in [2.45, 2.75) is 76.3 Å². The number of fused-ring (bicyclic) bond motifs is 3. The van der Waals surface area contributed by atoms with E-state index in [2.05, 4.69) is 9.62 Å². The lowest BCUT2D eigenvalue weighted by atomic mass is 9.63. The number of aliphatic hydroxyl groups is 1. The molecule has 5 rings (SSSR count). The van der Waals surface area contributed by atoms with E-state index in [1.54, 1.807) is 44.2 Å². The summed E-state index contributed by atoms with van der Waals surface area (Å²) in [6.07, 6.45) is 8.92. The van der Waals surface area contributed by atoms with E-state index in [0.29, 0.717) is 42.6 Å². The number of hydrogen-bond donors (Lipinski definition) is 2. The third kappa shape index (κ3) is 6.94. The largest absolute Gasteiger partial charge is 0.487 e. The van der Waals surface area contributed by atoms with Crippen molar-refractivity contribution in [3.05, 3.63) is 70.3 Å². The fourth-order valence-corrected chi connectivity index (χ4v) is 8.03. The minimum Gasteiger partial charge on any atom is -0.487 e. The Balaban J connectivity index is 1.57. The zero-order chi connectivity index (χ0) is 30.8. The fraction of sp³-hybridized carbons (Fsp3) is 0.515. The number of halogens is 1. The average Bonchev–Trinajstić information content (AvgIpc) is 2.97. The van der Waals surface area contributed by atoms with E-state index in [0.717, 1.165) is 49.5 Å². The molecule has 2 aliphatic heterocycles. The third-order valence-electron chi connectivity index (χ3n) is 9.60. The van der Waals surface area contributed by atoms with Crippen LogP contribution in [0, 0.1) is 17.8 Å². The monoisotopic (exact) mass is 628 g/mol. The number of aldehydes is 1. The second kappa shape index (κ2) is 13.0. The summed E-state index contributed by atoms with van der Waals surface area (Å²) >= 11 is 6.30. The number of nitrogens with one attached hydrogen (secondary N) is 1. The maximum absolute atomic E-state index is 13.3. The van der Waals surface area contributed by atoms with Gasteiger partial charge in [-0.3, -0.25) is 4.79 Å². The van der Waals surface area contributed by atoms with Crippen LogP contribution in [0.3, 0.4) is 0 Å². The molecule has 0 radical (unpaired) electrons. The molecule has 43 heavy (non-hydrogen) atoms. The van der Waals surface area contributed by atoms with Crippen LogP contribution in [0.2, 0.25) is 5.02 Å². The van der Waals surface area contributed by atoms with Gasteiger partial charge in [0.1, 0.15) is 18.6 Å². The minimum absolute atomic E-state index is 0.0202. The highest BCUT2D eigenvalue weighted by molar-refractivity contribution is 7.90. The van der Waals surface area contributed by atoms with Gasteiger partial charge >= 0.3 is 0 Å². The number of amides is 1. The number of allylic oxidation sites excluding steroid dienone is 1. The molecule has 0 spiro atoms. The topological polar surface area (TPSA) is 113 Å². The molecule has 0 aromatic heterocycles. The van der Waals surface area contributed by atoms with Crippen molar-refractivity contribution in [3.8, 4) is 5.75 Å². The summed E-state index contributed by atoms with van der Waals surface area (Å²) in [6.45, 7) is 4.97. The van der Waals surface area contributed by atoms with Crippen molar-refractivity contribution in [2.75, 3.05) is 18.0 Å². The summed E-state index contributed by atoms with van der Waals surface area (Å²) in [7, 11) is -3.99. The van der Waals surface area contributed by atoms with Gasteiger partial charge in [0.25, 0.3) is 5.91 Å². The Bertz CT molecular complexity index is 1490. The molecule has 3 aliphatic rings. The summed E-state index contributed by atoms with van der Waals surface area (Å²) in [6, 6.07) is 10.9. The van der Waals surface area contributed by atoms with E-state index in [1.807, 2.05) is 18.2 Å². The highest BCUT2D eigenvalue weighted by Gasteiger charge is 2.45. The van der Waals surface area contributed by atoms with Crippen LogP contribution >= 0.6 is 11.6 Å². The number of nitrogens with zero attached hydrogens (tertiary/aromatic N) is 1. The quantitative estimate of drug-likeness (QED) is 0.336. The predicted octanol–water partition coefficient (Wildman–Crippen LogP) is 5.45. The van der Waals surface area contributed by atoms with E-state index < -0.39 is 26.8 Å². The van der Waals surface area contributed by atoms with E-state index in [4.69, 9.17) is 16.3 Å². The molecule has 1 saturated carbocycles. The molecule has 232 valence electrons. The van der Waals surface area contributed by atoms with Gasteiger partial charge in [-0.05, 0) is 105 Å². The zero-order valence-corrected chi connectivity index (χ0v) is 26.4. The fourth-order valence-electron chi connectivity index (χ4n) is 6.55. The van der Waals surface area contributed by atoms with E-state index in [9.17, 15) is 23.1 Å². The first-order chi connectivity index (χ1) is 20.5. The minimum atomic E-state index is -3.99. The Morgan fingerprint density at radius 2 is 1.95 bits per heavy atom. The first-order valence-electron chi connectivity index (χ1n) is 15.2. The van der Waals surface area contributed by atoms with Gasteiger partial charge in [0.05, 0.1) is 16.5 Å². The molecule has 2 bridgehead atoms. The molecule has 1 fully saturated rings. The maximum Gasteiger partial charge on any atom is 0.264 e. The SMILES string of the molecule is C[C@@H]1[C@@H](C)C/C=C/[C@](O)(CC=O)[C@@H]2CC[C@H]2CN2CCCCc3cc(Cl)ccc3COc3ccc(cc32)C(=O)NS1(=O)=O. The van der Waals surface area contributed by atoms with Crippen LogP contribution in [0.15, 0.2) is 48.6 Å². The Hall–Kier alpha value is -2.88. The number of anilines is 1. The van der Waals surface area contributed by atoms with E-state index in [1.165, 1.54) is 0 Å². The van der Waals surface area contributed by atoms with Crippen LogP contribution in [0.5, 0.6) is 5.75 Å². The number of rotatable bonds is 2. The summed E-state index contributed by atoms with van der Waals surface area (Å²) in [5.74, 6) is -0.435. The van der Waals surface area contributed by atoms with Crippen LogP contribution in [-0.4, -0.2) is 49.7 Å². The van der Waals surface area contributed by atoms with Crippen molar-refractivity contribution in [1.82, 2.24) is 4.72 Å². The molecule has 2 heterocycles. The van der Waals surface area contributed by atoms with E-state index >= 15 is 0 Å². The van der Waals surface area contributed by atoms with Gasteiger partial charge in [-0.15, -0.1) is 0 Å².